The molecular weight excluding hydrogens is 278 g/mol. The van der Waals surface area contributed by atoms with Gasteiger partial charge in [0.05, 0.1) is 0 Å². The molecule has 2 aromatic heterocycles. The van der Waals surface area contributed by atoms with Crippen molar-refractivity contribution in [3.8, 4) is 0 Å². The highest BCUT2D eigenvalue weighted by Crippen LogP contribution is 2.25. The first-order valence-electron chi connectivity index (χ1n) is 8.05. The summed E-state index contributed by atoms with van der Waals surface area (Å²) >= 11 is 0. The molecule has 2 aromatic rings. The van der Waals surface area contributed by atoms with Gasteiger partial charge < -0.3 is 9.47 Å². The lowest BCUT2D eigenvalue weighted by Crippen LogP contribution is -2.39. The number of likely N-dealkylation sites (tertiary alicyclic amines) is 1. The zero-order chi connectivity index (χ0) is 15.4. The summed E-state index contributed by atoms with van der Waals surface area (Å²) in [6, 6.07) is 2.01. The fourth-order valence-electron chi connectivity index (χ4n) is 3.18. The van der Waals surface area contributed by atoms with E-state index in [9.17, 15) is 4.79 Å². The van der Waals surface area contributed by atoms with E-state index in [1.54, 1.807) is 12.4 Å². The minimum absolute atomic E-state index is 0.236. The Morgan fingerprint density at radius 2 is 2.36 bits per heavy atom. The predicted molar refractivity (Wildman–Crippen MR) is 83.4 cm³/mol. The molecule has 0 saturated carbocycles. The van der Waals surface area contributed by atoms with Crippen LogP contribution in [0.25, 0.3) is 0 Å². The van der Waals surface area contributed by atoms with Gasteiger partial charge in [-0.1, -0.05) is 6.92 Å². The minimum Gasteiger partial charge on any atom is -0.342 e. The van der Waals surface area contributed by atoms with E-state index < -0.39 is 0 Å². The Balaban J connectivity index is 1.55. The molecule has 1 N–H and O–H groups in total. The number of rotatable bonds is 5. The van der Waals surface area contributed by atoms with Gasteiger partial charge in [0.1, 0.15) is 5.82 Å². The smallest absolute Gasteiger partial charge is 0.224 e. The fraction of sp³-hybridized carbons (Fsp3) is 0.562. The molecular formula is C16H23N5O. The van der Waals surface area contributed by atoms with Crippen molar-refractivity contribution in [1.29, 1.82) is 0 Å². The van der Waals surface area contributed by atoms with E-state index in [0.717, 1.165) is 43.9 Å². The maximum atomic E-state index is 12.5. The topological polar surface area (TPSA) is 66.8 Å². The maximum Gasteiger partial charge on any atom is 0.224 e. The molecule has 1 unspecified atom stereocenters. The minimum atomic E-state index is 0.236. The van der Waals surface area contributed by atoms with Crippen molar-refractivity contribution in [2.24, 2.45) is 0 Å². The molecule has 6 nitrogen and oxygen atoms in total. The van der Waals surface area contributed by atoms with Gasteiger partial charge in [-0.15, -0.1) is 0 Å². The van der Waals surface area contributed by atoms with E-state index in [0.29, 0.717) is 18.9 Å². The molecule has 1 atom stereocenters. The van der Waals surface area contributed by atoms with Crippen LogP contribution in [0.1, 0.15) is 43.6 Å². The van der Waals surface area contributed by atoms with Crippen molar-refractivity contribution in [3.05, 3.63) is 36.2 Å². The summed E-state index contributed by atoms with van der Waals surface area (Å²) in [5, 5.41) is 7.05. The maximum absolute atomic E-state index is 12.5. The third-order valence-electron chi connectivity index (χ3n) is 4.42. The van der Waals surface area contributed by atoms with Crippen molar-refractivity contribution >= 4 is 5.91 Å². The zero-order valence-electron chi connectivity index (χ0n) is 13.0. The van der Waals surface area contributed by atoms with Crippen LogP contribution in [0.15, 0.2) is 24.7 Å². The number of piperidine rings is 1. The molecule has 0 bridgehead atoms. The lowest BCUT2D eigenvalue weighted by Gasteiger charge is -2.32. The SMILES string of the molecule is CCc1nccn1CCC(=O)N1CCCC(c2ccn[nH]2)C1. The Hall–Kier alpha value is -2.11. The molecule has 0 aliphatic carbocycles. The Morgan fingerprint density at radius 3 is 3.14 bits per heavy atom. The van der Waals surface area contributed by atoms with Crippen LogP contribution in [0.4, 0.5) is 0 Å². The van der Waals surface area contributed by atoms with E-state index in [1.165, 1.54) is 0 Å². The molecule has 1 fully saturated rings. The second-order valence-electron chi connectivity index (χ2n) is 5.83. The Morgan fingerprint density at radius 1 is 1.45 bits per heavy atom. The highest BCUT2D eigenvalue weighted by Gasteiger charge is 2.25. The highest BCUT2D eigenvalue weighted by atomic mass is 16.2. The average Bonchev–Trinajstić information content (AvgIpc) is 3.23. The normalized spacial score (nSPS) is 18.6. The monoisotopic (exact) mass is 301 g/mol. The number of hydrogen-bond donors (Lipinski definition) is 1. The number of carbonyl (C=O) groups is 1. The molecule has 0 radical (unpaired) electrons. The summed E-state index contributed by atoms with van der Waals surface area (Å²) in [5.74, 6) is 1.67. The van der Waals surface area contributed by atoms with Crippen LogP contribution in [0.3, 0.4) is 0 Å². The Labute approximate surface area is 130 Å². The molecule has 0 aromatic carbocycles. The van der Waals surface area contributed by atoms with Crippen molar-refractivity contribution in [2.75, 3.05) is 13.1 Å². The van der Waals surface area contributed by atoms with Gasteiger partial charge in [0.15, 0.2) is 0 Å². The van der Waals surface area contributed by atoms with E-state index in [4.69, 9.17) is 0 Å². The first kappa shape index (κ1) is 14.8. The van der Waals surface area contributed by atoms with Gasteiger partial charge >= 0.3 is 0 Å². The van der Waals surface area contributed by atoms with Gasteiger partial charge in [0.25, 0.3) is 0 Å². The van der Waals surface area contributed by atoms with Gasteiger partial charge in [-0.05, 0) is 18.9 Å². The number of carbonyl (C=O) groups excluding carboxylic acids is 1. The molecule has 0 spiro atoms. The molecule has 1 aliphatic heterocycles. The average molecular weight is 301 g/mol. The number of nitrogens with one attached hydrogen (secondary N) is 1. The van der Waals surface area contributed by atoms with Crippen LogP contribution < -0.4 is 0 Å². The molecule has 22 heavy (non-hydrogen) atoms. The quantitative estimate of drug-likeness (QED) is 0.918. The first-order chi connectivity index (χ1) is 10.8. The van der Waals surface area contributed by atoms with Crippen LogP contribution in [0, 0.1) is 0 Å². The summed E-state index contributed by atoms with van der Waals surface area (Å²) < 4.78 is 2.08. The second kappa shape index (κ2) is 6.77. The summed E-state index contributed by atoms with van der Waals surface area (Å²) in [6.07, 6.45) is 9.15. The molecule has 1 aliphatic rings. The molecule has 118 valence electrons. The van der Waals surface area contributed by atoms with Crippen molar-refractivity contribution in [1.82, 2.24) is 24.6 Å². The number of amides is 1. The number of nitrogens with zero attached hydrogens (tertiary/aromatic N) is 4. The van der Waals surface area contributed by atoms with Crippen LogP contribution in [-0.4, -0.2) is 43.6 Å². The third kappa shape index (κ3) is 3.21. The number of imidazole rings is 1. The Kier molecular flexibility index (Phi) is 4.56. The summed E-state index contributed by atoms with van der Waals surface area (Å²) in [6.45, 7) is 4.47. The van der Waals surface area contributed by atoms with Gasteiger partial charge in [-0.3, -0.25) is 9.89 Å². The molecule has 1 amide bonds. The van der Waals surface area contributed by atoms with Crippen LogP contribution in [-0.2, 0) is 17.8 Å². The van der Waals surface area contributed by atoms with E-state index in [1.807, 2.05) is 17.2 Å². The standard InChI is InChI=1S/C16H23N5O/c1-2-15-17-8-11-20(15)10-6-16(22)21-9-3-4-13(12-21)14-5-7-18-19-14/h5,7-8,11,13H,2-4,6,9-10,12H2,1H3,(H,18,19). The summed E-state index contributed by atoms with van der Waals surface area (Å²) in [4.78, 5) is 18.8. The fourth-order valence-corrected chi connectivity index (χ4v) is 3.18. The number of aromatic nitrogens is 4. The van der Waals surface area contributed by atoms with Gasteiger partial charge in [0, 0.05) is 62.7 Å². The molecule has 3 heterocycles. The molecule has 6 heteroatoms. The summed E-state index contributed by atoms with van der Waals surface area (Å²) in [7, 11) is 0. The lowest BCUT2D eigenvalue weighted by molar-refractivity contribution is -0.132. The highest BCUT2D eigenvalue weighted by molar-refractivity contribution is 5.76. The van der Waals surface area contributed by atoms with E-state index in [-0.39, 0.29) is 5.91 Å². The molecule has 3 rings (SSSR count). The number of H-pyrrole nitrogens is 1. The first-order valence-corrected chi connectivity index (χ1v) is 8.05. The van der Waals surface area contributed by atoms with E-state index in [2.05, 4.69) is 26.7 Å². The predicted octanol–water partition coefficient (Wildman–Crippen LogP) is 1.96. The van der Waals surface area contributed by atoms with Gasteiger partial charge in [-0.2, -0.15) is 5.10 Å². The number of hydrogen-bond acceptors (Lipinski definition) is 3. The van der Waals surface area contributed by atoms with Gasteiger partial charge in [0.2, 0.25) is 5.91 Å². The lowest BCUT2D eigenvalue weighted by atomic mass is 9.95. The third-order valence-corrected chi connectivity index (χ3v) is 4.42. The number of aromatic amines is 1. The zero-order valence-corrected chi connectivity index (χ0v) is 13.0. The number of aryl methyl sites for hydroxylation is 2. The van der Waals surface area contributed by atoms with Crippen LogP contribution in [0.5, 0.6) is 0 Å². The second-order valence-corrected chi connectivity index (χ2v) is 5.83. The van der Waals surface area contributed by atoms with Crippen molar-refractivity contribution in [2.45, 2.75) is 45.1 Å². The van der Waals surface area contributed by atoms with Gasteiger partial charge in [-0.25, -0.2) is 4.98 Å². The molecule has 1 saturated heterocycles. The van der Waals surface area contributed by atoms with Crippen molar-refractivity contribution in [3.63, 3.8) is 0 Å². The van der Waals surface area contributed by atoms with Crippen LogP contribution in [0.2, 0.25) is 0 Å². The largest absolute Gasteiger partial charge is 0.342 e. The van der Waals surface area contributed by atoms with Crippen LogP contribution >= 0.6 is 0 Å². The summed E-state index contributed by atoms with van der Waals surface area (Å²) in [5.41, 5.74) is 1.14. The Bertz CT molecular complexity index is 604. The van der Waals surface area contributed by atoms with E-state index >= 15 is 0 Å². The van der Waals surface area contributed by atoms with Crippen molar-refractivity contribution < 1.29 is 4.79 Å².